The molecule has 0 amide bonds. The largest absolute Gasteiger partial charge is 0.456 e. The van der Waals surface area contributed by atoms with Crippen LogP contribution in [-0.4, -0.2) is 7.28 Å². The van der Waals surface area contributed by atoms with Crippen molar-refractivity contribution in [2.24, 2.45) is 0 Å². The molecule has 0 bridgehead atoms. The van der Waals surface area contributed by atoms with Crippen molar-refractivity contribution in [2.45, 2.75) is 161 Å². The molecule has 1 aromatic heterocycles. The van der Waals surface area contributed by atoms with Gasteiger partial charge in [0.1, 0.15) is 11.2 Å². The fraction of sp³-hybridized carbons (Fsp3) is 0.410. The third kappa shape index (κ3) is 6.58. The van der Waals surface area contributed by atoms with E-state index in [0.29, 0.717) is 0 Å². The average Bonchev–Trinajstić information content (AvgIpc) is 3.63. The van der Waals surface area contributed by atoms with Crippen molar-refractivity contribution < 1.29 is 4.42 Å². The van der Waals surface area contributed by atoms with Gasteiger partial charge in [0.15, 0.2) is 7.28 Å². The first-order valence-corrected chi connectivity index (χ1v) is 24.7. The van der Waals surface area contributed by atoms with Crippen molar-refractivity contribution in [1.29, 1.82) is 0 Å². The van der Waals surface area contributed by atoms with E-state index in [1.54, 1.807) is 0 Å². The van der Waals surface area contributed by atoms with Crippen molar-refractivity contribution in [3.63, 3.8) is 0 Å². The lowest BCUT2D eigenvalue weighted by Gasteiger charge is -2.45. The van der Waals surface area contributed by atoms with Gasteiger partial charge in [-0.2, -0.15) is 0 Å². The van der Waals surface area contributed by atoms with Gasteiger partial charge in [0.2, 0.25) is 0 Å². The molecule has 0 spiro atoms. The van der Waals surface area contributed by atoms with Gasteiger partial charge in [-0.3, -0.25) is 0 Å². The number of hydrogen-bond donors (Lipinski definition) is 1. The first-order chi connectivity index (χ1) is 30.5. The highest BCUT2D eigenvalue weighted by molar-refractivity contribution is 6.73. The van der Waals surface area contributed by atoms with E-state index < -0.39 is 0 Å². The van der Waals surface area contributed by atoms with E-state index in [1.807, 2.05) is 0 Å². The predicted octanol–water partition coefficient (Wildman–Crippen LogP) is 15.5. The highest BCUT2D eigenvalue weighted by Gasteiger charge is 2.42. The van der Waals surface area contributed by atoms with Crippen LogP contribution >= 0.6 is 0 Å². The summed E-state index contributed by atoms with van der Waals surface area (Å²) in [7, 11) is 0.845. The lowest BCUT2D eigenvalue weighted by molar-refractivity contribution is 0.332. The van der Waals surface area contributed by atoms with Crippen LogP contribution in [0.1, 0.15) is 161 Å². The van der Waals surface area contributed by atoms with Gasteiger partial charge in [-0.1, -0.05) is 131 Å². The third-order valence-corrected chi connectivity index (χ3v) is 17.3. The summed E-state index contributed by atoms with van der Waals surface area (Å²) in [6.07, 6.45) is 7.14. The lowest BCUT2D eigenvalue weighted by atomic mass is 9.55. The number of furan rings is 1. The summed E-state index contributed by atoms with van der Waals surface area (Å²) >= 11 is 0. The molecule has 0 saturated carbocycles. The molecule has 0 radical (unpaired) electrons. The fourth-order valence-electron chi connectivity index (χ4n) is 12.7. The molecule has 0 atom stereocenters. The summed E-state index contributed by atoms with van der Waals surface area (Å²) < 4.78 is 6.72. The third-order valence-electron chi connectivity index (χ3n) is 17.3. The van der Waals surface area contributed by atoms with Gasteiger partial charge in [0, 0.05) is 44.8 Å². The summed E-state index contributed by atoms with van der Waals surface area (Å²) in [4.78, 5) is 2.66. The van der Waals surface area contributed by atoms with E-state index in [9.17, 15) is 0 Å². The number of anilines is 5. The van der Waals surface area contributed by atoms with Crippen molar-refractivity contribution >= 4 is 68.6 Å². The van der Waals surface area contributed by atoms with Crippen LogP contribution in [0.4, 0.5) is 28.4 Å². The quantitative estimate of drug-likeness (QED) is 0.179. The minimum absolute atomic E-state index is 0.0855. The Labute approximate surface area is 389 Å². The molecule has 0 fully saturated rings. The van der Waals surface area contributed by atoms with E-state index >= 15 is 0 Å². The first kappa shape index (κ1) is 42.4. The van der Waals surface area contributed by atoms with Gasteiger partial charge < -0.3 is 14.6 Å². The Morgan fingerprint density at radius 1 is 0.508 bits per heavy atom. The van der Waals surface area contributed by atoms with Crippen molar-refractivity contribution in [3.8, 4) is 11.1 Å². The monoisotopic (exact) mass is 857 g/mol. The Morgan fingerprint density at radius 3 is 1.71 bits per heavy atom. The SMILES string of the molecule is Cc1cc(-c2c(Nc3ccc4c(c3)C(C)(C)CCC4(C)C)ccc3oc4ccccc4c23)c2c(c1)N(c1ccc3c(c1)C(C)(C)CCC3(C)C)c1cc3c(cc1B2)C(C)(C)CCC3(C)C. The fourth-order valence-corrected chi connectivity index (χ4v) is 12.7. The van der Waals surface area contributed by atoms with E-state index in [0.717, 1.165) is 35.2 Å². The highest BCUT2D eigenvalue weighted by atomic mass is 16.3. The molecule has 3 nitrogen and oxygen atoms in total. The number of nitrogens with zero attached hydrogens (tertiary/aromatic N) is 1. The Balaban J connectivity index is 1.18. The van der Waals surface area contributed by atoms with Crippen LogP contribution < -0.4 is 21.1 Å². The Hall–Kier alpha value is -5.22. The van der Waals surface area contributed by atoms with Gasteiger partial charge in [-0.25, -0.2) is 0 Å². The smallest absolute Gasteiger partial charge is 0.198 e. The van der Waals surface area contributed by atoms with Crippen LogP contribution in [0.15, 0.2) is 101 Å². The Bertz CT molecular complexity index is 3130. The second-order valence-electron chi connectivity index (χ2n) is 24.7. The zero-order valence-electron chi connectivity index (χ0n) is 41.5. The second-order valence-corrected chi connectivity index (χ2v) is 24.7. The molecular formula is C61H69BN2O. The predicted molar refractivity (Wildman–Crippen MR) is 281 cm³/mol. The Morgan fingerprint density at radius 2 is 1.06 bits per heavy atom. The van der Waals surface area contributed by atoms with E-state index in [-0.39, 0.29) is 32.5 Å². The summed E-state index contributed by atoms with van der Waals surface area (Å²) in [6, 6.07) is 37.9. The lowest BCUT2D eigenvalue weighted by Crippen LogP contribution is -2.44. The number of hydrogen-bond acceptors (Lipinski definition) is 3. The van der Waals surface area contributed by atoms with E-state index in [1.165, 1.54) is 122 Å². The minimum Gasteiger partial charge on any atom is -0.456 e. The van der Waals surface area contributed by atoms with Crippen molar-refractivity contribution in [2.75, 3.05) is 10.2 Å². The number of aryl methyl sites for hydroxylation is 1. The van der Waals surface area contributed by atoms with Crippen molar-refractivity contribution in [1.82, 2.24) is 0 Å². The average molecular weight is 857 g/mol. The molecule has 65 heavy (non-hydrogen) atoms. The van der Waals surface area contributed by atoms with Gasteiger partial charge in [-0.15, -0.1) is 0 Å². The first-order valence-electron chi connectivity index (χ1n) is 24.7. The molecule has 4 aliphatic rings. The maximum absolute atomic E-state index is 6.72. The van der Waals surface area contributed by atoms with Gasteiger partial charge in [-0.05, 0) is 183 Å². The maximum Gasteiger partial charge on any atom is 0.198 e. The number of fused-ring (bicyclic) bond motifs is 8. The van der Waals surface area contributed by atoms with Crippen LogP contribution in [0.2, 0.25) is 0 Å². The van der Waals surface area contributed by atoms with Crippen LogP contribution in [0, 0.1) is 6.92 Å². The van der Waals surface area contributed by atoms with Gasteiger partial charge in [0.05, 0.1) is 0 Å². The standard InChI is InChI=1S/C61H69BN2O/c1-36-30-40(53-48(22-23-52-54(53)39-16-14-15-17-51(39)65-52)63-37-18-20-41-43(32-37)58(6,7)26-24-56(41,2)3)55-50(31-36)64(38-19-21-42-44(33-38)59(8,9)27-25-57(42,4)5)49-35-46-45(34-47(49)62-55)60(10,11)28-29-61(46,12)13/h14-23,30-35,62-63H,24-29H2,1-13H3. The topological polar surface area (TPSA) is 28.4 Å². The summed E-state index contributed by atoms with van der Waals surface area (Å²) in [5.41, 5.74) is 24.0. The molecule has 4 heteroatoms. The molecular weight excluding hydrogens is 787 g/mol. The van der Waals surface area contributed by atoms with E-state index in [4.69, 9.17) is 4.42 Å². The second kappa shape index (κ2) is 13.9. The van der Waals surface area contributed by atoms with Crippen molar-refractivity contribution in [3.05, 3.63) is 136 Å². The molecule has 11 rings (SSSR count). The van der Waals surface area contributed by atoms with Crippen LogP contribution in [0.5, 0.6) is 0 Å². The molecule has 7 aromatic rings. The normalized spacial score (nSPS) is 20.2. The molecule has 0 unspecified atom stereocenters. The molecule has 1 aliphatic heterocycles. The van der Waals surface area contributed by atoms with Gasteiger partial charge >= 0.3 is 0 Å². The maximum atomic E-state index is 6.72. The zero-order chi connectivity index (χ0) is 45.8. The Kier molecular flexibility index (Phi) is 9.08. The van der Waals surface area contributed by atoms with Crippen LogP contribution in [-0.2, 0) is 32.5 Å². The van der Waals surface area contributed by atoms with Crippen LogP contribution in [0.25, 0.3) is 33.1 Å². The highest BCUT2D eigenvalue weighted by Crippen LogP contribution is 2.53. The number of para-hydroxylation sites is 1. The zero-order valence-corrected chi connectivity index (χ0v) is 41.5. The number of nitrogens with one attached hydrogen (secondary N) is 1. The number of benzene rings is 6. The molecule has 332 valence electrons. The summed E-state index contributed by atoms with van der Waals surface area (Å²) in [5.74, 6) is 0. The molecule has 2 heterocycles. The molecule has 0 saturated heterocycles. The number of rotatable bonds is 4. The molecule has 3 aliphatic carbocycles. The van der Waals surface area contributed by atoms with Gasteiger partial charge in [0.25, 0.3) is 0 Å². The molecule has 1 N–H and O–H groups in total. The minimum atomic E-state index is 0.0855. The van der Waals surface area contributed by atoms with Crippen LogP contribution in [0.3, 0.4) is 0 Å². The van der Waals surface area contributed by atoms with E-state index in [2.05, 4.69) is 197 Å². The summed E-state index contributed by atoms with van der Waals surface area (Å²) in [6.45, 7) is 31.6. The molecule has 6 aromatic carbocycles. The summed E-state index contributed by atoms with van der Waals surface area (Å²) in [5, 5.41) is 6.39.